The lowest BCUT2D eigenvalue weighted by Gasteiger charge is -2.08. The van der Waals surface area contributed by atoms with Crippen LogP contribution in [0.15, 0.2) is 122 Å². The van der Waals surface area contributed by atoms with Gasteiger partial charge in [0, 0.05) is 37.3 Å². The average Bonchev–Trinajstić information content (AvgIpc) is 3.64. The molecule has 0 saturated carbocycles. The number of benzene rings is 5. The second kappa shape index (κ2) is 7.76. The molecule has 4 heterocycles. The predicted octanol–water partition coefficient (Wildman–Crippen LogP) is 9.04. The largest absolute Gasteiger partial charge is 0.309 e. The van der Waals surface area contributed by atoms with Gasteiger partial charge in [-0.3, -0.25) is 4.57 Å². The lowest BCUT2D eigenvalue weighted by Crippen LogP contribution is -1.98. The molecule has 9 aromatic rings. The first-order chi connectivity index (χ1) is 19.4. The van der Waals surface area contributed by atoms with E-state index in [-0.39, 0.29) is 0 Å². The molecule has 0 aliphatic rings. The second-order valence-electron chi connectivity index (χ2n) is 9.90. The van der Waals surface area contributed by atoms with Gasteiger partial charge in [-0.05, 0) is 42.5 Å². The van der Waals surface area contributed by atoms with E-state index in [9.17, 15) is 0 Å². The molecular weight excluding hydrogens is 496 g/mol. The molecule has 0 spiro atoms. The van der Waals surface area contributed by atoms with Gasteiger partial charge in [0.2, 0.25) is 0 Å². The molecule has 0 saturated heterocycles. The highest BCUT2D eigenvalue weighted by Crippen LogP contribution is 2.42. The summed E-state index contributed by atoms with van der Waals surface area (Å²) in [6.45, 7) is 0. The predicted molar refractivity (Wildman–Crippen MR) is 164 cm³/mol. The summed E-state index contributed by atoms with van der Waals surface area (Å²) in [5.74, 6) is 0.930. The monoisotopic (exact) mass is 516 g/mol. The minimum absolute atomic E-state index is 0.930. The first-order valence-corrected chi connectivity index (χ1v) is 13.8. The maximum atomic E-state index is 4.87. The summed E-state index contributed by atoms with van der Waals surface area (Å²) in [6.07, 6.45) is 1.71. The fourth-order valence-electron chi connectivity index (χ4n) is 6.19. The zero-order chi connectivity index (χ0) is 25.5. The number of nitrogens with zero attached hydrogens (tertiary/aromatic N) is 4. The van der Waals surface area contributed by atoms with Crippen molar-refractivity contribution in [3.63, 3.8) is 0 Å². The standard InChI is InChI=1S/C34H20N4S/c1-2-10-21(11-3-1)37-27-15-7-6-14-24(27)25-19-31-26(18-30(25)37)32-33(39-31)34(36-20-35-32)38-28-16-8-4-12-22(28)23-13-5-9-17-29(23)38/h1-20H. The van der Waals surface area contributed by atoms with E-state index in [0.29, 0.717) is 0 Å². The van der Waals surface area contributed by atoms with E-state index in [2.05, 4.69) is 124 Å². The minimum Gasteiger partial charge on any atom is -0.309 e. The minimum atomic E-state index is 0.930. The molecule has 5 heteroatoms. The number of rotatable bonds is 2. The van der Waals surface area contributed by atoms with Crippen LogP contribution in [0.1, 0.15) is 0 Å². The van der Waals surface area contributed by atoms with E-state index in [4.69, 9.17) is 9.97 Å². The van der Waals surface area contributed by atoms with E-state index in [1.165, 1.54) is 37.3 Å². The quantitative estimate of drug-likeness (QED) is 0.230. The van der Waals surface area contributed by atoms with E-state index in [1.807, 2.05) is 0 Å². The van der Waals surface area contributed by atoms with Crippen LogP contribution >= 0.6 is 11.3 Å². The molecule has 0 unspecified atom stereocenters. The Bertz CT molecular complexity index is 2340. The van der Waals surface area contributed by atoms with Crippen molar-refractivity contribution in [3.8, 4) is 11.5 Å². The van der Waals surface area contributed by atoms with Gasteiger partial charge in [0.1, 0.15) is 6.33 Å². The van der Waals surface area contributed by atoms with Gasteiger partial charge >= 0.3 is 0 Å². The highest BCUT2D eigenvalue weighted by atomic mass is 32.1. The highest BCUT2D eigenvalue weighted by Gasteiger charge is 2.20. The summed E-state index contributed by atoms with van der Waals surface area (Å²) in [5, 5.41) is 6.13. The zero-order valence-corrected chi connectivity index (χ0v) is 21.6. The first-order valence-electron chi connectivity index (χ1n) is 13.0. The molecule has 0 N–H and O–H groups in total. The van der Waals surface area contributed by atoms with Crippen LogP contribution in [0.2, 0.25) is 0 Å². The summed E-state index contributed by atoms with van der Waals surface area (Å²) in [7, 11) is 0. The Morgan fingerprint density at radius 1 is 0.487 bits per heavy atom. The van der Waals surface area contributed by atoms with Crippen LogP contribution in [0, 0.1) is 0 Å². The summed E-state index contributed by atoms with van der Waals surface area (Å²) in [6, 6.07) is 41.1. The molecule has 4 aromatic heterocycles. The van der Waals surface area contributed by atoms with Crippen molar-refractivity contribution in [2.75, 3.05) is 0 Å². The Kier molecular flexibility index (Phi) is 4.18. The molecule has 0 fully saturated rings. The van der Waals surface area contributed by atoms with E-state index < -0.39 is 0 Å². The topological polar surface area (TPSA) is 35.6 Å². The number of para-hydroxylation sites is 4. The molecule has 0 radical (unpaired) electrons. The van der Waals surface area contributed by atoms with Crippen molar-refractivity contribution in [1.82, 2.24) is 19.1 Å². The Labute approximate surface area is 227 Å². The zero-order valence-electron chi connectivity index (χ0n) is 20.7. The second-order valence-corrected chi connectivity index (χ2v) is 11.0. The first kappa shape index (κ1) is 21.0. The molecule has 0 amide bonds. The maximum Gasteiger partial charge on any atom is 0.159 e. The maximum absolute atomic E-state index is 4.87. The van der Waals surface area contributed by atoms with Gasteiger partial charge < -0.3 is 4.57 Å². The molecule has 39 heavy (non-hydrogen) atoms. The van der Waals surface area contributed by atoms with Gasteiger partial charge in [-0.1, -0.05) is 72.8 Å². The Balaban J connectivity index is 1.41. The Morgan fingerprint density at radius 3 is 1.77 bits per heavy atom. The van der Waals surface area contributed by atoms with Crippen LogP contribution in [0.25, 0.3) is 75.4 Å². The van der Waals surface area contributed by atoms with Crippen molar-refractivity contribution in [3.05, 3.63) is 122 Å². The third-order valence-corrected chi connectivity index (χ3v) is 8.97. The summed E-state index contributed by atoms with van der Waals surface area (Å²) in [4.78, 5) is 9.71. The molecule has 0 atom stereocenters. The molecule has 182 valence electrons. The number of hydrogen-bond acceptors (Lipinski definition) is 3. The molecule has 4 nitrogen and oxygen atoms in total. The van der Waals surface area contributed by atoms with Crippen molar-refractivity contribution in [2.24, 2.45) is 0 Å². The van der Waals surface area contributed by atoms with Crippen molar-refractivity contribution < 1.29 is 0 Å². The number of aromatic nitrogens is 4. The van der Waals surface area contributed by atoms with Gasteiger partial charge in [0.25, 0.3) is 0 Å². The van der Waals surface area contributed by atoms with Crippen LogP contribution in [0.5, 0.6) is 0 Å². The van der Waals surface area contributed by atoms with Crippen LogP contribution in [-0.4, -0.2) is 19.1 Å². The number of hydrogen-bond donors (Lipinski definition) is 0. The van der Waals surface area contributed by atoms with Crippen molar-refractivity contribution in [2.45, 2.75) is 0 Å². The van der Waals surface area contributed by atoms with Gasteiger partial charge in [-0.2, -0.15) is 0 Å². The lowest BCUT2D eigenvalue weighted by atomic mass is 10.1. The normalized spacial score (nSPS) is 12.1. The number of thiophene rings is 1. The third-order valence-electron chi connectivity index (χ3n) is 7.83. The van der Waals surface area contributed by atoms with E-state index in [1.54, 1.807) is 17.7 Å². The Hall–Kier alpha value is -5.00. The van der Waals surface area contributed by atoms with Crippen LogP contribution in [-0.2, 0) is 0 Å². The van der Waals surface area contributed by atoms with Gasteiger partial charge in [0.15, 0.2) is 5.82 Å². The summed E-state index contributed by atoms with van der Waals surface area (Å²) in [5.41, 5.74) is 6.86. The fraction of sp³-hybridized carbons (Fsp3) is 0. The molecule has 0 aliphatic heterocycles. The van der Waals surface area contributed by atoms with E-state index >= 15 is 0 Å². The highest BCUT2D eigenvalue weighted by molar-refractivity contribution is 7.26. The van der Waals surface area contributed by atoms with Crippen molar-refractivity contribution in [1.29, 1.82) is 0 Å². The van der Waals surface area contributed by atoms with Crippen LogP contribution in [0.4, 0.5) is 0 Å². The molecular formula is C34H20N4S. The van der Waals surface area contributed by atoms with Gasteiger partial charge in [-0.15, -0.1) is 11.3 Å². The van der Waals surface area contributed by atoms with Crippen LogP contribution in [0.3, 0.4) is 0 Å². The fourth-order valence-corrected chi connectivity index (χ4v) is 7.35. The SMILES string of the molecule is c1ccc(-n2c3ccccc3c3cc4sc5c(-n6c7ccccc7c7ccccc76)ncnc5c4cc32)cc1. The van der Waals surface area contributed by atoms with Gasteiger partial charge in [0.05, 0.1) is 32.3 Å². The lowest BCUT2D eigenvalue weighted by molar-refractivity contribution is 1.08. The van der Waals surface area contributed by atoms with Crippen LogP contribution < -0.4 is 0 Å². The molecule has 0 aliphatic carbocycles. The summed E-state index contributed by atoms with van der Waals surface area (Å²) >= 11 is 1.78. The molecule has 0 bridgehead atoms. The third kappa shape index (κ3) is 2.82. The molecule has 5 aromatic carbocycles. The average molecular weight is 517 g/mol. The van der Waals surface area contributed by atoms with Gasteiger partial charge in [-0.25, -0.2) is 9.97 Å². The number of fused-ring (bicyclic) bond motifs is 9. The summed E-state index contributed by atoms with van der Waals surface area (Å²) < 4.78 is 6.98. The Morgan fingerprint density at radius 2 is 1.08 bits per heavy atom. The molecule has 9 rings (SSSR count). The van der Waals surface area contributed by atoms with Crippen molar-refractivity contribution >= 4 is 75.3 Å². The van der Waals surface area contributed by atoms with E-state index in [0.717, 1.165) is 38.1 Å². The smallest absolute Gasteiger partial charge is 0.159 e.